The van der Waals surface area contributed by atoms with Gasteiger partial charge in [-0.05, 0) is 43.7 Å². The summed E-state index contributed by atoms with van der Waals surface area (Å²) in [5.74, 6) is 0.780. The van der Waals surface area contributed by atoms with E-state index in [9.17, 15) is 0 Å². The van der Waals surface area contributed by atoms with Crippen molar-refractivity contribution in [2.24, 2.45) is 11.3 Å². The van der Waals surface area contributed by atoms with Gasteiger partial charge < -0.3 is 0 Å². The van der Waals surface area contributed by atoms with Crippen LogP contribution in [0.1, 0.15) is 60.3 Å². The second-order valence-electron chi connectivity index (χ2n) is 8.26. The predicted molar refractivity (Wildman–Crippen MR) is 83.5 cm³/mol. The van der Waals surface area contributed by atoms with Crippen molar-refractivity contribution in [1.29, 1.82) is 0 Å². The molecule has 0 aromatic carbocycles. The zero-order valence-electron chi connectivity index (χ0n) is 13.8. The van der Waals surface area contributed by atoms with Crippen LogP contribution in [-0.2, 0) is 0 Å². The number of hydrogen-bond donors (Lipinski definition) is 0. The Hall–Kier alpha value is -0.0800. The molecule has 2 atom stereocenters. The summed E-state index contributed by atoms with van der Waals surface area (Å²) < 4.78 is 0. The molecule has 0 aliphatic carbocycles. The van der Waals surface area contributed by atoms with Gasteiger partial charge in [-0.3, -0.25) is 9.80 Å². The molecule has 2 fully saturated rings. The summed E-state index contributed by atoms with van der Waals surface area (Å²) in [7, 11) is 0. The van der Waals surface area contributed by atoms with E-state index in [1.807, 2.05) is 0 Å². The Morgan fingerprint density at radius 3 is 2.47 bits per heavy atom. The lowest BCUT2D eigenvalue weighted by Gasteiger charge is -2.50. The molecule has 0 amide bonds. The van der Waals surface area contributed by atoms with Crippen LogP contribution < -0.4 is 0 Å². The smallest absolute Gasteiger partial charge is 0.0246 e. The van der Waals surface area contributed by atoms with Crippen LogP contribution in [-0.4, -0.2) is 48.1 Å². The summed E-state index contributed by atoms with van der Waals surface area (Å²) in [6.45, 7) is 17.2. The highest BCUT2D eigenvalue weighted by Gasteiger charge is 2.36. The lowest BCUT2D eigenvalue weighted by Crippen LogP contribution is -2.61. The lowest BCUT2D eigenvalue weighted by atomic mass is 9.88. The maximum Gasteiger partial charge on any atom is 0.0246 e. The highest BCUT2D eigenvalue weighted by molar-refractivity contribution is 4.92. The molecular weight excluding hydrogens is 232 g/mol. The van der Waals surface area contributed by atoms with Crippen LogP contribution in [0.2, 0.25) is 0 Å². The Bertz CT molecular complexity index is 279. The summed E-state index contributed by atoms with van der Waals surface area (Å²) in [6, 6.07) is 1.63. The molecular formula is C17H34N2. The summed E-state index contributed by atoms with van der Waals surface area (Å²) in [4.78, 5) is 5.59. The fraction of sp³-hybridized carbons (Fsp3) is 1.00. The van der Waals surface area contributed by atoms with Crippen molar-refractivity contribution in [3.63, 3.8) is 0 Å². The maximum absolute atomic E-state index is 2.81. The molecule has 2 aliphatic heterocycles. The third-order valence-electron chi connectivity index (χ3n) is 5.00. The fourth-order valence-electron chi connectivity index (χ4n) is 3.64. The third-order valence-corrected chi connectivity index (χ3v) is 5.00. The van der Waals surface area contributed by atoms with Gasteiger partial charge in [0.25, 0.3) is 0 Å². The van der Waals surface area contributed by atoms with Gasteiger partial charge in [-0.2, -0.15) is 0 Å². The first-order valence-electron chi connectivity index (χ1n) is 8.35. The number of fused-ring (bicyclic) bond motifs is 1. The van der Waals surface area contributed by atoms with Crippen molar-refractivity contribution in [3.05, 3.63) is 0 Å². The number of rotatable bonds is 3. The van der Waals surface area contributed by atoms with Gasteiger partial charge in [0, 0.05) is 25.2 Å². The number of hydrogen-bond acceptors (Lipinski definition) is 2. The quantitative estimate of drug-likeness (QED) is 0.770. The zero-order valence-corrected chi connectivity index (χ0v) is 13.8. The minimum atomic E-state index is 0.464. The Kier molecular flexibility index (Phi) is 4.94. The molecule has 2 heterocycles. The first-order valence-corrected chi connectivity index (χ1v) is 8.35. The van der Waals surface area contributed by atoms with Gasteiger partial charge >= 0.3 is 0 Å². The molecule has 2 unspecified atom stereocenters. The number of piperazine rings is 1. The summed E-state index contributed by atoms with van der Waals surface area (Å²) in [6.07, 6.45) is 5.61. The molecule has 19 heavy (non-hydrogen) atoms. The van der Waals surface area contributed by atoms with E-state index in [4.69, 9.17) is 0 Å². The highest BCUT2D eigenvalue weighted by Crippen LogP contribution is 2.28. The molecule has 2 heteroatoms. The predicted octanol–water partition coefficient (Wildman–Crippen LogP) is 3.62. The van der Waals surface area contributed by atoms with Crippen molar-refractivity contribution in [2.45, 2.75) is 72.4 Å². The van der Waals surface area contributed by atoms with Crippen molar-refractivity contribution in [2.75, 3.05) is 26.2 Å². The minimum absolute atomic E-state index is 0.464. The van der Waals surface area contributed by atoms with Crippen molar-refractivity contribution in [1.82, 2.24) is 9.80 Å². The third kappa shape index (κ3) is 4.19. The molecule has 0 bridgehead atoms. The first-order chi connectivity index (χ1) is 8.87. The Balaban J connectivity index is 1.97. The van der Waals surface area contributed by atoms with Crippen LogP contribution in [0.5, 0.6) is 0 Å². The van der Waals surface area contributed by atoms with Crippen LogP contribution in [0.3, 0.4) is 0 Å². The van der Waals surface area contributed by atoms with Crippen LogP contribution in [0.15, 0.2) is 0 Å². The molecule has 0 aromatic rings. The molecule has 2 aliphatic rings. The normalized spacial score (nSPS) is 30.6. The van der Waals surface area contributed by atoms with Crippen molar-refractivity contribution >= 4 is 0 Å². The molecule has 112 valence electrons. The van der Waals surface area contributed by atoms with E-state index in [0.29, 0.717) is 5.41 Å². The summed E-state index contributed by atoms with van der Waals surface area (Å²) in [5, 5.41) is 0. The highest BCUT2D eigenvalue weighted by atomic mass is 15.3. The van der Waals surface area contributed by atoms with Gasteiger partial charge in [-0.25, -0.2) is 0 Å². The summed E-state index contributed by atoms with van der Waals surface area (Å²) in [5.41, 5.74) is 0.464. The van der Waals surface area contributed by atoms with E-state index in [2.05, 4.69) is 44.4 Å². The molecule has 0 spiro atoms. The van der Waals surface area contributed by atoms with Gasteiger partial charge in [-0.15, -0.1) is 0 Å². The lowest BCUT2D eigenvalue weighted by molar-refractivity contribution is -0.0115. The molecule has 2 saturated heterocycles. The van der Waals surface area contributed by atoms with Crippen molar-refractivity contribution in [3.8, 4) is 0 Å². The Morgan fingerprint density at radius 2 is 1.84 bits per heavy atom. The van der Waals surface area contributed by atoms with Gasteiger partial charge in [0.2, 0.25) is 0 Å². The minimum Gasteiger partial charge on any atom is -0.298 e. The second-order valence-corrected chi connectivity index (χ2v) is 8.26. The van der Waals surface area contributed by atoms with Gasteiger partial charge in [-0.1, -0.05) is 41.0 Å². The topological polar surface area (TPSA) is 6.48 Å². The Morgan fingerprint density at radius 1 is 1.11 bits per heavy atom. The number of piperidine rings is 1. The summed E-state index contributed by atoms with van der Waals surface area (Å²) >= 11 is 0. The van der Waals surface area contributed by atoms with Gasteiger partial charge in [0.1, 0.15) is 0 Å². The molecule has 2 nitrogen and oxygen atoms in total. The van der Waals surface area contributed by atoms with Crippen molar-refractivity contribution < 1.29 is 0 Å². The number of nitrogens with zero attached hydrogens (tertiary/aromatic N) is 2. The largest absolute Gasteiger partial charge is 0.298 e. The zero-order chi connectivity index (χ0) is 14.0. The molecule has 0 saturated carbocycles. The molecule has 0 N–H and O–H groups in total. The second kappa shape index (κ2) is 6.13. The average molecular weight is 266 g/mol. The average Bonchev–Trinajstić information content (AvgIpc) is 2.34. The molecule has 2 rings (SSSR count). The standard InChI is InChI=1S/C17H34N2/c1-14(2)16-13-18-10-7-6-8-15(18)12-19(16)11-9-17(3,4)5/h14-16H,6-13H2,1-5H3. The fourth-order valence-corrected chi connectivity index (χ4v) is 3.64. The Labute approximate surface area is 120 Å². The molecule has 0 radical (unpaired) electrons. The van der Waals surface area contributed by atoms with Crippen LogP contribution in [0.25, 0.3) is 0 Å². The van der Waals surface area contributed by atoms with E-state index in [1.54, 1.807) is 0 Å². The van der Waals surface area contributed by atoms with Crippen LogP contribution in [0.4, 0.5) is 0 Å². The van der Waals surface area contributed by atoms with E-state index >= 15 is 0 Å². The van der Waals surface area contributed by atoms with E-state index in [-0.39, 0.29) is 0 Å². The molecule has 0 aromatic heterocycles. The monoisotopic (exact) mass is 266 g/mol. The van der Waals surface area contributed by atoms with E-state index in [1.165, 1.54) is 51.9 Å². The van der Waals surface area contributed by atoms with Gasteiger partial charge in [0.05, 0.1) is 0 Å². The van der Waals surface area contributed by atoms with E-state index in [0.717, 1.165) is 18.0 Å². The van der Waals surface area contributed by atoms with Crippen LogP contribution >= 0.6 is 0 Å². The SMILES string of the molecule is CC(C)C1CN2CCCCC2CN1CCC(C)(C)C. The van der Waals surface area contributed by atoms with Gasteiger partial charge in [0.15, 0.2) is 0 Å². The van der Waals surface area contributed by atoms with E-state index < -0.39 is 0 Å². The maximum atomic E-state index is 2.81. The first kappa shape index (κ1) is 15.3. The van der Waals surface area contributed by atoms with Crippen LogP contribution in [0, 0.1) is 11.3 Å².